The van der Waals surface area contributed by atoms with Crippen LogP contribution in [0.3, 0.4) is 0 Å². The van der Waals surface area contributed by atoms with E-state index in [0.29, 0.717) is 24.5 Å². The number of para-hydroxylation sites is 1. The van der Waals surface area contributed by atoms with Crippen molar-refractivity contribution in [1.82, 2.24) is 4.90 Å². The van der Waals surface area contributed by atoms with Crippen LogP contribution >= 0.6 is 0 Å². The van der Waals surface area contributed by atoms with Gasteiger partial charge in [0.05, 0.1) is 12.1 Å². The number of ether oxygens (including phenoxy) is 1. The first-order chi connectivity index (χ1) is 13.0. The molecule has 2 saturated carbocycles. The highest BCUT2D eigenvalue weighted by Crippen LogP contribution is 2.80. The second kappa shape index (κ2) is 4.78. The second-order valence-electron chi connectivity index (χ2n) is 9.46. The molecule has 4 nitrogen and oxygen atoms in total. The number of nitrogens with zero attached hydrogens (tertiary/aromatic N) is 2. The number of carbonyl (C=O) groups is 1. The minimum Gasteiger partial charge on any atom is -0.465 e. The first-order valence-electron chi connectivity index (χ1n) is 10.4. The molecule has 2 bridgehead atoms. The third-order valence-corrected chi connectivity index (χ3v) is 9.09. The lowest BCUT2D eigenvalue weighted by Crippen LogP contribution is -2.65. The van der Waals surface area contributed by atoms with Crippen LogP contribution in [-0.4, -0.2) is 49.2 Å². The number of likely N-dealkylation sites (N-methyl/N-ethyl adjacent to an activating group) is 1. The maximum absolute atomic E-state index is 11.7. The van der Waals surface area contributed by atoms with Gasteiger partial charge in [-0.05, 0) is 36.9 Å². The number of carbonyl (C=O) groups excluding carboxylic acids is 1. The Kier molecular flexibility index (Phi) is 2.86. The minimum absolute atomic E-state index is 0.0280. The SMILES string of the molecule is CC(=O)OC[C@@H]1C[C@@]23C=CCN4CC[C@@]5(c6ccccc6N(C)[C@]15[C@@H]2C)[C@@H]43. The Morgan fingerprint density at radius 3 is 2.96 bits per heavy atom. The maximum Gasteiger partial charge on any atom is 0.302 e. The molecule has 2 aliphatic carbocycles. The van der Waals surface area contributed by atoms with Gasteiger partial charge in [0.2, 0.25) is 0 Å². The quantitative estimate of drug-likeness (QED) is 0.597. The molecule has 27 heavy (non-hydrogen) atoms. The topological polar surface area (TPSA) is 32.8 Å². The molecule has 1 aromatic rings. The van der Waals surface area contributed by atoms with Crippen molar-refractivity contribution < 1.29 is 9.53 Å². The van der Waals surface area contributed by atoms with Crippen molar-refractivity contribution in [3.8, 4) is 0 Å². The lowest BCUT2D eigenvalue weighted by molar-refractivity contribution is -0.143. The fourth-order valence-electron chi connectivity index (χ4n) is 8.75. The normalized spacial score (nSPS) is 45.7. The Morgan fingerprint density at radius 2 is 2.15 bits per heavy atom. The molecule has 4 heteroatoms. The lowest BCUT2D eigenvalue weighted by atomic mass is 9.57. The first kappa shape index (κ1) is 16.2. The van der Waals surface area contributed by atoms with Crippen LogP contribution in [-0.2, 0) is 14.9 Å². The number of esters is 1. The molecule has 0 radical (unpaired) electrons. The Morgan fingerprint density at radius 1 is 1.33 bits per heavy atom. The third kappa shape index (κ3) is 1.43. The van der Waals surface area contributed by atoms with Crippen LogP contribution in [0, 0.1) is 17.3 Å². The van der Waals surface area contributed by atoms with E-state index in [4.69, 9.17) is 4.74 Å². The smallest absolute Gasteiger partial charge is 0.302 e. The predicted molar refractivity (Wildman–Crippen MR) is 105 cm³/mol. The summed E-state index contributed by atoms with van der Waals surface area (Å²) < 4.78 is 5.65. The summed E-state index contributed by atoms with van der Waals surface area (Å²) in [6.45, 7) is 6.81. The van der Waals surface area contributed by atoms with Crippen molar-refractivity contribution in [2.45, 2.75) is 43.7 Å². The van der Waals surface area contributed by atoms with Gasteiger partial charge >= 0.3 is 5.97 Å². The molecule has 6 rings (SSSR count). The highest BCUT2D eigenvalue weighted by molar-refractivity contribution is 5.73. The molecule has 142 valence electrons. The highest BCUT2D eigenvalue weighted by atomic mass is 16.5. The Labute approximate surface area is 161 Å². The number of hydrogen-bond donors (Lipinski definition) is 0. The molecule has 3 aliphatic heterocycles. The van der Waals surface area contributed by atoms with Crippen molar-refractivity contribution in [1.29, 1.82) is 0 Å². The van der Waals surface area contributed by atoms with Gasteiger partial charge in [-0.25, -0.2) is 0 Å². The van der Waals surface area contributed by atoms with E-state index in [2.05, 4.69) is 60.2 Å². The first-order valence-corrected chi connectivity index (χ1v) is 10.4. The molecule has 0 unspecified atom stereocenters. The predicted octanol–water partition coefficient (Wildman–Crippen LogP) is 2.98. The van der Waals surface area contributed by atoms with Gasteiger partial charge in [0.15, 0.2) is 0 Å². The Balaban J connectivity index is 1.63. The molecule has 6 atom stereocenters. The average Bonchev–Trinajstić information content (AvgIpc) is 3.30. The summed E-state index contributed by atoms with van der Waals surface area (Å²) in [5.74, 6) is 0.746. The lowest BCUT2D eigenvalue weighted by Gasteiger charge is -2.53. The van der Waals surface area contributed by atoms with E-state index in [0.717, 1.165) is 13.0 Å². The maximum atomic E-state index is 11.7. The third-order valence-electron chi connectivity index (χ3n) is 9.09. The zero-order valence-corrected chi connectivity index (χ0v) is 16.4. The van der Waals surface area contributed by atoms with E-state index in [-0.39, 0.29) is 22.3 Å². The fourth-order valence-corrected chi connectivity index (χ4v) is 8.75. The van der Waals surface area contributed by atoms with E-state index in [1.165, 1.54) is 31.1 Å². The van der Waals surface area contributed by atoms with Gasteiger partial charge in [0.25, 0.3) is 0 Å². The van der Waals surface area contributed by atoms with Crippen LogP contribution in [0.1, 0.15) is 32.3 Å². The highest BCUT2D eigenvalue weighted by Gasteiger charge is 2.85. The molecule has 0 aromatic heterocycles. The number of anilines is 1. The molecule has 1 saturated heterocycles. The van der Waals surface area contributed by atoms with E-state index in [1.54, 1.807) is 0 Å². The van der Waals surface area contributed by atoms with Crippen LogP contribution in [0.4, 0.5) is 5.69 Å². The summed E-state index contributed by atoms with van der Waals surface area (Å²) in [5.41, 5.74) is 3.30. The van der Waals surface area contributed by atoms with Gasteiger partial charge in [-0.2, -0.15) is 0 Å². The molecule has 3 fully saturated rings. The van der Waals surface area contributed by atoms with Crippen molar-refractivity contribution in [2.24, 2.45) is 17.3 Å². The average molecular weight is 364 g/mol. The van der Waals surface area contributed by atoms with Gasteiger partial charge in [0.1, 0.15) is 0 Å². The molecular formula is C23H28N2O2. The van der Waals surface area contributed by atoms with E-state index in [9.17, 15) is 4.79 Å². The second-order valence-corrected chi connectivity index (χ2v) is 9.46. The molecule has 5 aliphatic rings. The Hall–Kier alpha value is -1.81. The summed E-state index contributed by atoms with van der Waals surface area (Å²) in [5, 5.41) is 0. The molecule has 1 aromatic carbocycles. The number of rotatable bonds is 2. The van der Waals surface area contributed by atoms with Crippen LogP contribution in [0.25, 0.3) is 0 Å². The van der Waals surface area contributed by atoms with E-state index >= 15 is 0 Å². The molecule has 0 N–H and O–H groups in total. The van der Waals surface area contributed by atoms with Gasteiger partial charge in [-0.3, -0.25) is 9.69 Å². The summed E-state index contributed by atoms with van der Waals surface area (Å²) >= 11 is 0. The van der Waals surface area contributed by atoms with Crippen molar-refractivity contribution in [3.63, 3.8) is 0 Å². The van der Waals surface area contributed by atoms with Crippen LogP contribution < -0.4 is 4.90 Å². The van der Waals surface area contributed by atoms with E-state index < -0.39 is 0 Å². The Bertz CT molecular complexity index is 881. The summed E-state index contributed by atoms with van der Waals surface area (Å²) in [7, 11) is 2.30. The molecule has 3 heterocycles. The number of hydrogen-bond acceptors (Lipinski definition) is 4. The van der Waals surface area contributed by atoms with Gasteiger partial charge in [0, 0.05) is 49.0 Å². The van der Waals surface area contributed by atoms with Crippen LogP contribution in [0.15, 0.2) is 36.4 Å². The molecule has 0 amide bonds. The summed E-state index contributed by atoms with van der Waals surface area (Å²) in [6.07, 6.45) is 7.29. The largest absolute Gasteiger partial charge is 0.465 e. The zero-order valence-electron chi connectivity index (χ0n) is 16.4. The zero-order chi connectivity index (χ0) is 18.6. The van der Waals surface area contributed by atoms with Gasteiger partial charge in [-0.15, -0.1) is 0 Å². The summed E-state index contributed by atoms with van der Waals surface area (Å²) in [4.78, 5) is 17.0. The number of fused-ring (bicyclic) bond motifs is 1. The van der Waals surface area contributed by atoms with Crippen molar-refractivity contribution in [3.05, 3.63) is 42.0 Å². The molecular weight excluding hydrogens is 336 g/mol. The number of benzene rings is 1. The molecule has 3 spiro atoms. The minimum atomic E-state index is -0.157. The van der Waals surface area contributed by atoms with Crippen molar-refractivity contribution in [2.75, 3.05) is 31.6 Å². The van der Waals surface area contributed by atoms with Crippen LogP contribution in [0.2, 0.25) is 0 Å². The van der Waals surface area contributed by atoms with Crippen LogP contribution in [0.5, 0.6) is 0 Å². The van der Waals surface area contributed by atoms with Gasteiger partial charge < -0.3 is 9.64 Å². The van der Waals surface area contributed by atoms with E-state index in [1.807, 2.05) is 0 Å². The standard InChI is InChI=1S/C23H28N2O2/c1-15-21-9-6-11-25-12-10-22(20(21)25)18-7-4-5-8-19(18)24(3)23(15,22)17(13-21)14-27-16(2)26/h4-9,15,17,20H,10-14H2,1-3H3/t15-,17+,20+,21+,22-,23-/m1/s1. The van der Waals surface area contributed by atoms with Crippen molar-refractivity contribution >= 4 is 11.7 Å². The van der Waals surface area contributed by atoms with Gasteiger partial charge in [-0.1, -0.05) is 37.3 Å². The fraction of sp³-hybridized carbons (Fsp3) is 0.609. The monoisotopic (exact) mass is 364 g/mol. The summed E-state index contributed by atoms with van der Waals surface area (Å²) in [6, 6.07) is 9.64.